The number of unbranched alkanes of at least 4 members (excludes halogenated alkanes) is 2. The van der Waals surface area contributed by atoms with Gasteiger partial charge in [-0.15, -0.1) is 0 Å². The van der Waals surface area contributed by atoms with Crippen molar-refractivity contribution in [3.05, 3.63) is 35.9 Å². The second-order valence-electron chi connectivity index (χ2n) is 5.51. The Morgan fingerprint density at radius 3 is 2.45 bits per heavy atom. The van der Waals surface area contributed by atoms with Gasteiger partial charge in [0.15, 0.2) is 0 Å². The summed E-state index contributed by atoms with van der Waals surface area (Å²) in [5, 5.41) is 3.92. The van der Waals surface area contributed by atoms with E-state index in [1.54, 1.807) is 6.26 Å². The second-order valence-corrected chi connectivity index (χ2v) is 7.31. The first kappa shape index (κ1) is 17.4. The minimum absolute atomic E-state index is 0.273. The monoisotopic (exact) mass is 295 g/mol. The van der Waals surface area contributed by atoms with Gasteiger partial charge in [0.05, 0.1) is 0 Å². The van der Waals surface area contributed by atoms with Crippen molar-refractivity contribution in [1.82, 2.24) is 5.32 Å². The number of benzene rings is 1. The quantitative estimate of drug-likeness (QED) is 0.660. The predicted octanol–water partition coefficient (Wildman–Crippen LogP) is 4.05. The Bertz CT molecular complexity index is 380. The highest BCUT2D eigenvalue weighted by atomic mass is 32.2. The summed E-state index contributed by atoms with van der Waals surface area (Å²) in [7, 11) is -0.716. The van der Waals surface area contributed by atoms with Crippen molar-refractivity contribution in [3.63, 3.8) is 0 Å². The molecule has 1 aromatic rings. The highest BCUT2D eigenvalue weighted by molar-refractivity contribution is 7.84. The molecule has 0 spiro atoms. The SMILES string of the molecule is CCCCCC(NCCC(C)S(C)=O)c1ccccc1. The van der Waals surface area contributed by atoms with E-state index >= 15 is 0 Å². The molecule has 1 aromatic carbocycles. The summed E-state index contributed by atoms with van der Waals surface area (Å²) in [6.07, 6.45) is 7.76. The first-order valence-electron chi connectivity index (χ1n) is 7.75. The van der Waals surface area contributed by atoms with Gasteiger partial charge in [0, 0.05) is 28.3 Å². The molecule has 0 bridgehead atoms. The summed E-state index contributed by atoms with van der Waals surface area (Å²) < 4.78 is 11.4. The third-order valence-corrected chi connectivity index (χ3v) is 5.18. The molecule has 114 valence electrons. The van der Waals surface area contributed by atoms with Crippen molar-refractivity contribution in [3.8, 4) is 0 Å². The third kappa shape index (κ3) is 6.67. The van der Waals surface area contributed by atoms with Crippen molar-refractivity contribution in [2.75, 3.05) is 12.8 Å². The lowest BCUT2D eigenvalue weighted by Gasteiger charge is -2.20. The van der Waals surface area contributed by atoms with Crippen LogP contribution in [0.5, 0.6) is 0 Å². The Kier molecular flexibility index (Phi) is 8.79. The lowest BCUT2D eigenvalue weighted by molar-refractivity contribution is 0.468. The second kappa shape index (κ2) is 10.1. The van der Waals surface area contributed by atoms with Crippen LogP contribution in [0.2, 0.25) is 0 Å². The average Bonchev–Trinajstić information content (AvgIpc) is 2.46. The maximum absolute atomic E-state index is 11.4. The molecule has 0 fully saturated rings. The number of nitrogens with one attached hydrogen (secondary N) is 1. The molecule has 0 aliphatic heterocycles. The molecule has 0 radical (unpaired) electrons. The van der Waals surface area contributed by atoms with Gasteiger partial charge < -0.3 is 5.32 Å². The van der Waals surface area contributed by atoms with Gasteiger partial charge >= 0.3 is 0 Å². The number of hydrogen-bond donors (Lipinski definition) is 1. The molecular formula is C17H29NOS. The van der Waals surface area contributed by atoms with Crippen LogP contribution in [-0.2, 0) is 10.8 Å². The van der Waals surface area contributed by atoms with E-state index in [0.29, 0.717) is 6.04 Å². The summed E-state index contributed by atoms with van der Waals surface area (Å²) in [6.45, 7) is 5.24. The largest absolute Gasteiger partial charge is 0.310 e. The van der Waals surface area contributed by atoms with Gasteiger partial charge in [0.25, 0.3) is 0 Å². The molecule has 0 aliphatic carbocycles. The van der Waals surface area contributed by atoms with Crippen LogP contribution < -0.4 is 5.32 Å². The van der Waals surface area contributed by atoms with Gasteiger partial charge in [0.1, 0.15) is 0 Å². The van der Waals surface area contributed by atoms with Crippen LogP contribution >= 0.6 is 0 Å². The fraction of sp³-hybridized carbons (Fsp3) is 0.647. The highest BCUT2D eigenvalue weighted by Crippen LogP contribution is 2.19. The Balaban J connectivity index is 2.48. The van der Waals surface area contributed by atoms with Crippen LogP contribution in [0.15, 0.2) is 30.3 Å². The van der Waals surface area contributed by atoms with Crippen LogP contribution in [0.3, 0.4) is 0 Å². The highest BCUT2D eigenvalue weighted by Gasteiger charge is 2.11. The molecule has 0 saturated carbocycles. The molecule has 3 unspecified atom stereocenters. The van der Waals surface area contributed by atoms with Gasteiger partial charge in [-0.05, 0) is 24.9 Å². The van der Waals surface area contributed by atoms with E-state index < -0.39 is 10.8 Å². The molecule has 2 nitrogen and oxygen atoms in total. The third-order valence-electron chi connectivity index (χ3n) is 3.81. The lowest BCUT2D eigenvalue weighted by atomic mass is 10.0. The zero-order chi connectivity index (χ0) is 14.8. The Hall–Kier alpha value is -0.670. The summed E-state index contributed by atoms with van der Waals surface area (Å²) >= 11 is 0. The smallest absolute Gasteiger partial charge is 0.0329 e. The molecule has 0 aromatic heterocycles. The Morgan fingerprint density at radius 2 is 1.85 bits per heavy atom. The normalized spacial score (nSPS) is 15.8. The molecule has 3 atom stereocenters. The number of hydrogen-bond acceptors (Lipinski definition) is 2. The maximum Gasteiger partial charge on any atom is 0.0329 e. The van der Waals surface area contributed by atoms with Crippen molar-refractivity contribution < 1.29 is 4.21 Å². The summed E-state index contributed by atoms with van der Waals surface area (Å²) in [5.41, 5.74) is 1.37. The summed E-state index contributed by atoms with van der Waals surface area (Å²) in [4.78, 5) is 0. The topological polar surface area (TPSA) is 29.1 Å². The predicted molar refractivity (Wildman–Crippen MR) is 89.5 cm³/mol. The van der Waals surface area contributed by atoms with Crippen molar-refractivity contribution in [2.45, 2.75) is 57.2 Å². The fourth-order valence-corrected chi connectivity index (χ4v) is 2.75. The van der Waals surface area contributed by atoms with Gasteiger partial charge in [0.2, 0.25) is 0 Å². The first-order valence-corrected chi connectivity index (χ1v) is 9.37. The molecule has 0 amide bonds. The van der Waals surface area contributed by atoms with E-state index in [4.69, 9.17) is 0 Å². The van der Waals surface area contributed by atoms with Crippen LogP contribution in [-0.4, -0.2) is 22.3 Å². The van der Waals surface area contributed by atoms with Crippen molar-refractivity contribution in [1.29, 1.82) is 0 Å². The molecule has 20 heavy (non-hydrogen) atoms. The molecule has 3 heteroatoms. The maximum atomic E-state index is 11.4. The van der Waals surface area contributed by atoms with Crippen molar-refractivity contribution in [2.24, 2.45) is 0 Å². The van der Waals surface area contributed by atoms with Crippen LogP contribution in [0, 0.1) is 0 Å². The zero-order valence-electron chi connectivity index (χ0n) is 13.1. The van der Waals surface area contributed by atoms with Crippen LogP contribution in [0.4, 0.5) is 0 Å². The van der Waals surface area contributed by atoms with Gasteiger partial charge in [-0.2, -0.15) is 0 Å². The molecule has 0 aliphatic rings. The molecule has 1 rings (SSSR count). The van der Waals surface area contributed by atoms with E-state index in [1.165, 1.54) is 31.2 Å². The Morgan fingerprint density at radius 1 is 1.15 bits per heavy atom. The first-order chi connectivity index (χ1) is 9.65. The molecule has 1 N–H and O–H groups in total. The van der Waals surface area contributed by atoms with Crippen LogP contribution in [0.1, 0.15) is 57.6 Å². The zero-order valence-corrected chi connectivity index (χ0v) is 13.9. The van der Waals surface area contributed by atoms with E-state index in [1.807, 2.05) is 0 Å². The van der Waals surface area contributed by atoms with Gasteiger partial charge in [-0.1, -0.05) is 63.4 Å². The Labute approximate surface area is 126 Å². The van der Waals surface area contributed by atoms with E-state index in [2.05, 4.69) is 49.5 Å². The fourth-order valence-electron chi connectivity index (χ4n) is 2.30. The summed E-state index contributed by atoms with van der Waals surface area (Å²) in [5.74, 6) is 0. The standard InChI is InChI=1S/C17H29NOS/c1-4-5-7-12-17(16-10-8-6-9-11-16)18-14-13-15(2)20(3)19/h6,8-11,15,17-18H,4-5,7,12-14H2,1-3H3. The lowest BCUT2D eigenvalue weighted by Crippen LogP contribution is -2.25. The van der Waals surface area contributed by atoms with Gasteiger partial charge in [-0.3, -0.25) is 4.21 Å². The van der Waals surface area contributed by atoms with Gasteiger partial charge in [-0.25, -0.2) is 0 Å². The molecule has 0 heterocycles. The minimum Gasteiger partial charge on any atom is -0.310 e. The van der Waals surface area contributed by atoms with E-state index in [-0.39, 0.29) is 5.25 Å². The number of rotatable bonds is 10. The van der Waals surface area contributed by atoms with Crippen LogP contribution in [0.25, 0.3) is 0 Å². The molecular weight excluding hydrogens is 266 g/mol. The molecule has 0 saturated heterocycles. The summed E-state index contributed by atoms with van der Waals surface area (Å²) in [6, 6.07) is 11.1. The van der Waals surface area contributed by atoms with E-state index in [9.17, 15) is 4.21 Å². The minimum atomic E-state index is -0.716. The van der Waals surface area contributed by atoms with Crippen molar-refractivity contribution >= 4 is 10.8 Å². The van der Waals surface area contributed by atoms with E-state index in [0.717, 1.165) is 13.0 Å². The average molecular weight is 295 g/mol.